The highest BCUT2D eigenvalue weighted by atomic mass is 15.2. The number of hydrogen-bond acceptors (Lipinski definition) is 3. The smallest absolute Gasteiger partial charge is 0.152 e. The highest BCUT2D eigenvalue weighted by Crippen LogP contribution is 2.30. The first-order valence-corrected chi connectivity index (χ1v) is 6.71. The molecule has 1 aliphatic heterocycles. The molecule has 0 aromatic carbocycles. The molecular formula is C14H23N3. The summed E-state index contributed by atoms with van der Waals surface area (Å²) in [5, 5.41) is 0. The number of rotatable bonds is 3. The molecule has 0 amide bonds. The van der Waals surface area contributed by atoms with Gasteiger partial charge in [-0.2, -0.15) is 0 Å². The standard InChI is InChI=1S/C14H23N3/c1-3-6-12-7-4-5-10-17(12)14-13(15)11(2)8-9-16-14/h8-9,12H,3-7,10,15H2,1-2H3. The van der Waals surface area contributed by atoms with Crippen molar-refractivity contribution in [1.82, 2.24) is 4.98 Å². The molecule has 1 saturated heterocycles. The molecule has 1 atom stereocenters. The van der Waals surface area contributed by atoms with Gasteiger partial charge >= 0.3 is 0 Å². The molecule has 0 spiro atoms. The minimum absolute atomic E-state index is 0.630. The van der Waals surface area contributed by atoms with Gasteiger partial charge in [0.1, 0.15) is 0 Å². The average molecular weight is 233 g/mol. The number of pyridine rings is 1. The summed E-state index contributed by atoms with van der Waals surface area (Å²) >= 11 is 0. The van der Waals surface area contributed by atoms with Crippen LogP contribution in [0.3, 0.4) is 0 Å². The lowest BCUT2D eigenvalue weighted by atomic mass is 9.98. The molecule has 1 aliphatic rings. The van der Waals surface area contributed by atoms with Gasteiger partial charge in [-0.25, -0.2) is 4.98 Å². The Kier molecular flexibility index (Phi) is 3.87. The molecule has 0 bridgehead atoms. The number of aromatic nitrogens is 1. The van der Waals surface area contributed by atoms with Crippen molar-refractivity contribution in [3.05, 3.63) is 17.8 Å². The van der Waals surface area contributed by atoms with Crippen LogP contribution in [0.5, 0.6) is 0 Å². The predicted octanol–water partition coefficient (Wildman–Crippen LogP) is 3.13. The van der Waals surface area contributed by atoms with E-state index in [0.29, 0.717) is 6.04 Å². The third-order valence-electron chi connectivity index (χ3n) is 3.71. The lowest BCUT2D eigenvalue weighted by Gasteiger charge is -2.37. The van der Waals surface area contributed by atoms with Gasteiger partial charge in [-0.05, 0) is 44.2 Å². The van der Waals surface area contributed by atoms with Gasteiger partial charge in [-0.1, -0.05) is 13.3 Å². The second kappa shape index (κ2) is 5.39. The molecule has 1 aromatic rings. The number of aryl methyl sites for hydroxylation is 1. The molecular weight excluding hydrogens is 210 g/mol. The molecule has 3 heteroatoms. The second-order valence-corrected chi connectivity index (χ2v) is 5.00. The summed E-state index contributed by atoms with van der Waals surface area (Å²) < 4.78 is 0. The van der Waals surface area contributed by atoms with E-state index in [1.54, 1.807) is 0 Å². The summed E-state index contributed by atoms with van der Waals surface area (Å²) in [7, 11) is 0. The minimum atomic E-state index is 0.630. The Bertz CT molecular complexity index is 374. The van der Waals surface area contributed by atoms with Crippen LogP contribution >= 0.6 is 0 Å². The Labute approximate surface area is 104 Å². The number of nitrogens with two attached hydrogens (primary N) is 1. The summed E-state index contributed by atoms with van der Waals surface area (Å²) in [4.78, 5) is 6.92. The fourth-order valence-corrected chi connectivity index (χ4v) is 2.70. The van der Waals surface area contributed by atoms with E-state index in [2.05, 4.69) is 23.7 Å². The molecule has 2 heterocycles. The maximum absolute atomic E-state index is 6.17. The highest BCUT2D eigenvalue weighted by molar-refractivity contribution is 5.66. The van der Waals surface area contributed by atoms with Gasteiger partial charge < -0.3 is 10.6 Å². The maximum atomic E-state index is 6.17. The van der Waals surface area contributed by atoms with Gasteiger partial charge in [0.2, 0.25) is 0 Å². The average Bonchev–Trinajstić information content (AvgIpc) is 2.34. The summed E-state index contributed by atoms with van der Waals surface area (Å²) in [5.41, 5.74) is 8.16. The maximum Gasteiger partial charge on any atom is 0.152 e. The first kappa shape index (κ1) is 12.2. The summed E-state index contributed by atoms with van der Waals surface area (Å²) in [6.07, 6.45) is 8.23. The van der Waals surface area contributed by atoms with E-state index in [1.165, 1.54) is 32.1 Å². The fraction of sp³-hybridized carbons (Fsp3) is 0.643. The van der Waals surface area contributed by atoms with Crippen molar-refractivity contribution in [1.29, 1.82) is 0 Å². The van der Waals surface area contributed by atoms with E-state index in [-0.39, 0.29) is 0 Å². The summed E-state index contributed by atoms with van der Waals surface area (Å²) in [6.45, 7) is 5.41. The van der Waals surface area contributed by atoms with Gasteiger partial charge in [0.05, 0.1) is 5.69 Å². The van der Waals surface area contributed by atoms with Gasteiger partial charge in [0.15, 0.2) is 5.82 Å². The number of nitrogens with zero attached hydrogens (tertiary/aromatic N) is 2. The number of hydrogen-bond donors (Lipinski definition) is 1. The lowest BCUT2D eigenvalue weighted by molar-refractivity contribution is 0.432. The molecule has 1 fully saturated rings. The van der Waals surface area contributed by atoms with Gasteiger partial charge in [0, 0.05) is 18.8 Å². The summed E-state index contributed by atoms with van der Waals surface area (Å²) in [6, 6.07) is 2.61. The minimum Gasteiger partial charge on any atom is -0.396 e. The third kappa shape index (κ3) is 2.54. The van der Waals surface area contributed by atoms with Crippen LogP contribution in [0.15, 0.2) is 12.3 Å². The molecule has 2 rings (SSSR count). The van der Waals surface area contributed by atoms with E-state index in [1.807, 2.05) is 12.3 Å². The predicted molar refractivity (Wildman–Crippen MR) is 73.3 cm³/mol. The number of nitrogen functional groups attached to an aromatic ring is 1. The Hall–Kier alpha value is -1.25. The van der Waals surface area contributed by atoms with Crippen molar-refractivity contribution in [3.8, 4) is 0 Å². The summed E-state index contributed by atoms with van der Waals surface area (Å²) in [5.74, 6) is 1.00. The van der Waals surface area contributed by atoms with Crippen molar-refractivity contribution in [2.24, 2.45) is 0 Å². The van der Waals surface area contributed by atoms with Crippen LogP contribution in [0.1, 0.15) is 44.6 Å². The van der Waals surface area contributed by atoms with Crippen molar-refractivity contribution in [3.63, 3.8) is 0 Å². The van der Waals surface area contributed by atoms with Crippen LogP contribution in [0, 0.1) is 6.92 Å². The van der Waals surface area contributed by atoms with Gasteiger partial charge in [0.25, 0.3) is 0 Å². The van der Waals surface area contributed by atoms with Crippen molar-refractivity contribution < 1.29 is 0 Å². The molecule has 0 aliphatic carbocycles. The highest BCUT2D eigenvalue weighted by Gasteiger charge is 2.24. The lowest BCUT2D eigenvalue weighted by Crippen LogP contribution is -2.40. The van der Waals surface area contributed by atoms with E-state index >= 15 is 0 Å². The van der Waals surface area contributed by atoms with Crippen LogP contribution in [0.25, 0.3) is 0 Å². The van der Waals surface area contributed by atoms with E-state index in [9.17, 15) is 0 Å². The molecule has 1 unspecified atom stereocenters. The van der Waals surface area contributed by atoms with Crippen LogP contribution < -0.4 is 10.6 Å². The van der Waals surface area contributed by atoms with Crippen LogP contribution in [0.4, 0.5) is 11.5 Å². The first-order valence-electron chi connectivity index (χ1n) is 6.71. The number of piperidine rings is 1. The number of anilines is 2. The van der Waals surface area contributed by atoms with Crippen molar-refractivity contribution in [2.75, 3.05) is 17.2 Å². The second-order valence-electron chi connectivity index (χ2n) is 5.00. The van der Waals surface area contributed by atoms with E-state index in [0.717, 1.165) is 23.6 Å². The fourth-order valence-electron chi connectivity index (χ4n) is 2.70. The van der Waals surface area contributed by atoms with Crippen LogP contribution in [0.2, 0.25) is 0 Å². The zero-order valence-corrected chi connectivity index (χ0v) is 10.9. The van der Waals surface area contributed by atoms with Gasteiger partial charge in [-0.3, -0.25) is 0 Å². The molecule has 2 N–H and O–H groups in total. The Morgan fingerprint density at radius 3 is 3.06 bits per heavy atom. The zero-order chi connectivity index (χ0) is 12.3. The van der Waals surface area contributed by atoms with Crippen LogP contribution in [-0.2, 0) is 0 Å². The molecule has 0 saturated carbocycles. The largest absolute Gasteiger partial charge is 0.396 e. The monoisotopic (exact) mass is 233 g/mol. The van der Waals surface area contributed by atoms with E-state index < -0.39 is 0 Å². The SMILES string of the molecule is CCCC1CCCCN1c1nccc(C)c1N. The zero-order valence-electron chi connectivity index (χ0n) is 10.9. The van der Waals surface area contributed by atoms with Crippen molar-refractivity contribution in [2.45, 2.75) is 52.0 Å². The van der Waals surface area contributed by atoms with Gasteiger partial charge in [-0.15, -0.1) is 0 Å². The van der Waals surface area contributed by atoms with Crippen molar-refractivity contribution >= 4 is 11.5 Å². The first-order chi connectivity index (χ1) is 8.24. The molecule has 0 radical (unpaired) electrons. The Morgan fingerprint density at radius 1 is 1.47 bits per heavy atom. The quantitative estimate of drug-likeness (QED) is 0.872. The topological polar surface area (TPSA) is 42.2 Å². The third-order valence-corrected chi connectivity index (χ3v) is 3.71. The van der Waals surface area contributed by atoms with Crippen LogP contribution in [-0.4, -0.2) is 17.6 Å². The molecule has 3 nitrogen and oxygen atoms in total. The Balaban J connectivity index is 2.26. The normalized spacial score (nSPS) is 20.6. The van der Waals surface area contributed by atoms with E-state index in [4.69, 9.17) is 5.73 Å². The molecule has 1 aromatic heterocycles. The molecule has 94 valence electrons. The molecule has 17 heavy (non-hydrogen) atoms. The Morgan fingerprint density at radius 2 is 2.29 bits per heavy atom.